The molecule has 1 heterocycles. The van der Waals surface area contributed by atoms with Crippen LogP contribution in [-0.2, 0) is 20.7 Å². The van der Waals surface area contributed by atoms with Crippen molar-refractivity contribution in [3.05, 3.63) is 35.9 Å². The second-order valence-electron chi connectivity index (χ2n) is 4.86. The fourth-order valence-electron chi connectivity index (χ4n) is 2.45. The molecule has 1 aromatic rings. The van der Waals surface area contributed by atoms with Gasteiger partial charge in [-0.25, -0.2) is 0 Å². The molecule has 1 aliphatic rings. The van der Waals surface area contributed by atoms with Gasteiger partial charge in [-0.1, -0.05) is 30.3 Å². The SMILES string of the molecule is COC(=O)[C@H]1CCCN(C(=O)Cc2ccccc2)C1. The van der Waals surface area contributed by atoms with Crippen molar-refractivity contribution in [2.45, 2.75) is 19.3 Å². The van der Waals surface area contributed by atoms with Crippen molar-refractivity contribution < 1.29 is 14.3 Å². The molecular formula is C15H19NO3. The molecule has 0 aliphatic carbocycles. The van der Waals surface area contributed by atoms with Gasteiger partial charge in [-0.15, -0.1) is 0 Å². The van der Waals surface area contributed by atoms with E-state index in [1.165, 1.54) is 7.11 Å². The largest absolute Gasteiger partial charge is 0.469 e. The average molecular weight is 261 g/mol. The van der Waals surface area contributed by atoms with E-state index in [9.17, 15) is 9.59 Å². The van der Waals surface area contributed by atoms with E-state index in [1.54, 1.807) is 4.90 Å². The summed E-state index contributed by atoms with van der Waals surface area (Å²) in [5.74, 6) is -0.296. The zero-order chi connectivity index (χ0) is 13.7. The molecule has 2 rings (SSSR count). The number of hydrogen-bond acceptors (Lipinski definition) is 3. The van der Waals surface area contributed by atoms with Crippen molar-refractivity contribution >= 4 is 11.9 Å². The molecule has 0 N–H and O–H groups in total. The van der Waals surface area contributed by atoms with Gasteiger partial charge >= 0.3 is 5.97 Å². The third-order valence-electron chi connectivity index (χ3n) is 3.51. The number of carbonyl (C=O) groups is 2. The van der Waals surface area contributed by atoms with E-state index in [0.29, 0.717) is 13.0 Å². The first-order valence-electron chi connectivity index (χ1n) is 6.60. The lowest BCUT2D eigenvalue weighted by molar-refractivity contribution is -0.148. The van der Waals surface area contributed by atoms with Gasteiger partial charge in [0.25, 0.3) is 0 Å². The quantitative estimate of drug-likeness (QED) is 0.777. The molecule has 4 nitrogen and oxygen atoms in total. The zero-order valence-electron chi connectivity index (χ0n) is 11.2. The standard InChI is InChI=1S/C15H19NO3/c1-19-15(18)13-8-5-9-16(11-13)14(17)10-12-6-3-2-4-7-12/h2-4,6-7,13H,5,8-11H2,1H3/t13-/m0/s1. The average Bonchev–Trinajstić information content (AvgIpc) is 2.47. The minimum absolute atomic E-state index is 0.0832. The van der Waals surface area contributed by atoms with Crippen LogP contribution in [0, 0.1) is 5.92 Å². The van der Waals surface area contributed by atoms with Crippen LogP contribution in [0.25, 0.3) is 0 Å². The number of methoxy groups -OCH3 is 1. The van der Waals surface area contributed by atoms with E-state index in [0.717, 1.165) is 24.9 Å². The van der Waals surface area contributed by atoms with E-state index in [2.05, 4.69) is 0 Å². The van der Waals surface area contributed by atoms with Gasteiger partial charge in [0.1, 0.15) is 0 Å². The lowest BCUT2D eigenvalue weighted by Gasteiger charge is -2.31. The first-order valence-corrected chi connectivity index (χ1v) is 6.60. The number of benzene rings is 1. The monoisotopic (exact) mass is 261 g/mol. The van der Waals surface area contributed by atoms with Gasteiger partial charge in [0.2, 0.25) is 5.91 Å². The van der Waals surface area contributed by atoms with Gasteiger partial charge < -0.3 is 9.64 Å². The predicted octanol–water partition coefficient (Wildman–Crippen LogP) is 1.64. The Bertz CT molecular complexity index is 444. The smallest absolute Gasteiger partial charge is 0.310 e. The Morgan fingerprint density at radius 3 is 2.74 bits per heavy atom. The Balaban J connectivity index is 1.94. The van der Waals surface area contributed by atoms with Crippen LogP contribution in [0.5, 0.6) is 0 Å². The van der Waals surface area contributed by atoms with Crippen molar-refractivity contribution in [1.82, 2.24) is 4.90 Å². The summed E-state index contributed by atoms with van der Waals surface area (Å²) in [6, 6.07) is 9.67. The summed E-state index contributed by atoms with van der Waals surface area (Å²) in [5.41, 5.74) is 1.01. The van der Waals surface area contributed by atoms with Crippen LogP contribution >= 0.6 is 0 Å². The third-order valence-corrected chi connectivity index (χ3v) is 3.51. The molecule has 4 heteroatoms. The molecule has 0 bridgehead atoms. The Labute approximate surface area is 113 Å². The van der Waals surface area contributed by atoms with Crippen molar-refractivity contribution in [1.29, 1.82) is 0 Å². The van der Waals surface area contributed by atoms with E-state index in [1.807, 2.05) is 30.3 Å². The molecule has 19 heavy (non-hydrogen) atoms. The lowest BCUT2D eigenvalue weighted by atomic mass is 9.97. The van der Waals surface area contributed by atoms with Gasteiger partial charge in [0.15, 0.2) is 0 Å². The number of piperidine rings is 1. The van der Waals surface area contributed by atoms with Crippen molar-refractivity contribution in [3.63, 3.8) is 0 Å². The summed E-state index contributed by atoms with van der Waals surface area (Å²) in [7, 11) is 1.40. The molecule has 0 spiro atoms. The van der Waals surface area contributed by atoms with Crippen LogP contribution in [0.2, 0.25) is 0 Å². The van der Waals surface area contributed by atoms with E-state index >= 15 is 0 Å². The molecule has 0 radical (unpaired) electrons. The number of esters is 1. The summed E-state index contributed by atoms with van der Waals surface area (Å²) >= 11 is 0. The van der Waals surface area contributed by atoms with Crippen LogP contribution in [0.1, 0.15) is 18.4 Å². The second-order valence-corrected chi connectivity index (χ2v) is 4.86. The summed E-state index contributed by atoms with van der Waals surface area (Å²) in [6.45, 7) is 1.22. The molecule has 1 saturated heterocycles. The molecule has 1 atom stereocenters. The molecule has 0 saturated carbocycles. The number of amides is 1. The summed E-state index contributed by atoms with van der Waals surface area (Å²) < 4.78 is 4.76. The normalized spacial score (nSPS) is 19.0. The summed E-state index contributed by atoms with van der Waals surface area (Å²) in [5, 5.41) is 0. The first kappa shape index (κ1) is 13.6. The van der Waals surface area contributed by atoms with Gasteiger partial charge in [-0.3, -0.25) is 9.59 Å². The second kappa shape index (κ2) is 6.36. The van der Waals surface area contributed by atoms with Crippen LogP contribution in [-0.4, -0.2) is 37.0 Å². The molecule has 1 amide bonds. The van der Waals surface area contributed by atoms with Crippen molar-refractivity contribution in [3.8, 4) is 0 Å². The lowest BCUT2D eigenvalue weighted by Crippen LogP contribution is -2.43. The number of rotatable bonds is 3. The van der Waals surface area contributed by atoms with Gasteiger partial charge in [0.05, 0.1) is 19.4 Å². The fourth-order valence-corrected chi connectivity index (χ4v) is 2.45. The minimum atomic E-state index is -0.211. The van der Waals surface area contributed by atoms with Gasteiger partial charge in [-0.05, 0) is 18.4 Å². The maximum atomic E-state index is 12.2. The highest BCUT2D eigenvalue weighted by Crippen LogP contribution is 2.18. The topological polar surface area (TPSA) is 46.6 Å². The first-order chi connectivity index (χ1) is 9.20. The maximum Gasteiger partial charge on any atom is 0.310 e. The van der Waals surface area contributed by atoms with Gasteiger partial charge in [0, 0.05) is 13.1 Å². The molecule has 1 fully saturated rings. The summed E-state index contributed by atoms with van der Waals surface area (Å²) in [6.07, 6.45) is 2.07. The molecular weight excluding hydrogens is 242 g/mol. The molecule has 0 aromatic heterocycles. The fraction of sp³-hybridized carbons (Fsp3) is 0.467. The highest BCUT2D eigenvalue weighted by Gasteiger charge is 2.28. The maximum absolute atomic E-state index is 12.2. The van der Waals surface area contributed by atoms with Crippen molar-refractivity contribution in [2.24, 2.45) is 5.92 Å². The van der Waals surface area contributed by atoms with Crippen LogP contribution in [0.15, 0.2) is 30.3 Å². The molecule has 1 aliphatic heterocycles. The Kier molecular flexibility index (Phi) is 4.55. The summed E-state index contributed by atoms with van der Waals surface area (Å²) in [4.78, 5) is 25.5. The number of hydrogen-bond donors (Lipinski definition) is 0. The van der Waals surface area contributed by atoms with E-state index in [-0.39, 0.29) is 17.8 Å². The number of nitrogens with zero attached hydrogens (tertiary/aromatic N) is 1. The van der Waals surface area contributed by atoms with Crippen LogP contribution in [0.4, 0.5) is 0 Å². The van der Waals surface area contributed by atoms with Crippen LogP contribution in [0.3, 0.4) is 0 Å². The number of ether oxygens (including phenoxy) is 1. The zero-order valence-corrected chi connectivity index (χ0v) is 11.2. The van der Waals surface area contributed by atoms with E-state index < -0.39 is 0 Å². The highest BCUT2D eigenvalue weighted by molar-refractivity contribution is 5.80. The number of carbonyl (C=O) groups excluding carboxylic acids is 2. The Morgan fingerprint density at radius 1 is 1.32 bits per heavy atom. The third kappa shape index (κ3) is 3.56. The predicted molar refractivity (Wildman–Crippen MR) is 71.5 cm³/mol. The van der Waals surface area contributed by atoms with Crippen LogP contribution < -0.4 is 0 Å². The molecule has 0 unspecified atom stereocenters. The van der Waals surface area contributed by atoms with E-state index in [4.69, 9.17) is 4.74 Å². The Morgan fingerprint density at radius 2 is 2.05 bits per heavy atom. The van der Waals surface area contributed by atoms with Crippen molar-refractivity contribution in [2.75, 3.05) is 20.2 Å². The van der Waals surface area contributed by atoms with Gasteiger partial charge in [-0.2, -0.15) is 0 Å². The molecule has 102 valence electrons. The Hall–Kier alpha value is -1.84. The minimum Gasteiger partial charge on any atom is -0.469 e. The number of likely N-dealkylation sites (tertiary alicyclic amines) is 1. The molecule has 1 aromatic carbocycles. The highest BCUT2D eigenvalue weighted by atomic mass is 16.5.